The molecule has 0 aliphatic rings. The van der Waals surface area contributed by atoms with E-state index in [0.29, 0.717) is 0 Å². The highest BCUT2D eigenvalue weighted by Gasteiger charge is 2.07. The molecule has 82 valence electrons. The molecule has 2 heteroatoms. The van der Waals surface area contributed by atoms with Gasteiger partial charge in [0.1, 0.15) is 0 Å². The average molecular weight is 232 g/mol. The van der Waals surface area contributed by atoms with Crippen molar-refractivity contribution >= 4 is 11.6 Å². The third-order valence-corrected chi connectivity index (χ3v) is 2.89. The lowest BCUT2D eigenvalue weighted by Gasteiger charge is -2.10. The Labute approximate surface area is 101 Å². The molecule has 0 bridgehead atoms. The molecule has 1 aromatic heterocycles. The normalized spacial score (nSPS) is 10.5. The summed E-state index contributed by atoms with van der Waals surface area (Å²) in [6.45, 7) is 6.32. The van der Waals surface area contributed by atoms with Gasteiger partial charge >= 0.3 is 0 Å². The first-order chi connectivity index (χ1) is 7.58. The predicted octanol–water partition coefficient (Wildman–Crippen LogP) is 4.33. The molecule has 0 saturated carbocycles. The molecule has 2 rings (SSSR count). The molecule has 0 N–H and O–H groups in total. The molecule has 0 fully saturated rings. The standard InChI is InChI=1S/C14H14ClN/c1-9-6-10(2)14(11(3)7-9)13-8-12(15)4-5-16-13/h4-8H,1-3H3. The van der Waals surface area contributed by atoms with Gasteiger partial charge in [-0.05, 0) is 44.0 Å². The Morgan fingerprint density at radius 3 is 2.19 bits per heavy atom. The molecule has 0 radical (unpaired) electrons. The summed E-state index contributed by atoms with van der Waals surface area (Å²) < 4.78 is 0. The second-order valence-corrected chi connectivity index (χ2v) is 4.57. The Morgan fingerprint density at radius 2 is 1.62 bits per heavy atom. The van der Waals surface area contributed by atoms with Crippen LogP contribution in [0.5, 0.6) is 0 Å². The molecule has 0 aliphatic heterocycles. The summed E-state index contributed by atoms with van der Waals surface area (Å²) in [5, 5.41) is 0.726. The Kier molecular flexibility index (Phi) is 2.97. The van der Waals surface area contributed by atoms with Gasteiger partial charge in [-0.15, -0.1) is 0 Å². The summed E-state index contributed by atoms with van der Waals surface area (Å²) in [5.41, 5.74) is 5.90. The van der Waals surface area contributed by atoms with Gasteiger partial charge in [0.05, 0.1) is 5.69 Å². The first kappa shape index (κ1) is 11.2. The van der Waals surface area contributed by atoms with Crippen molar-refractivity contribution in [3.8, 4) is 11.3 Å². The molecular weight excluding hydrogens is 218 g/mol. The van der Waals surface area contributed by atoms with Crippen molar-refractivity contribution in [3.63, 3.8) is 0 Å². The van der Waals surface area contributed by atoms with Gasteiger partial charge in [-0.2, -0.15) is 0 Å². The second kappa shape index (κ2) is 4.26. The smallest absolute Gasteiger partial charge is 0.0722 e. The Balaban J connectivity index is 2.64. The van der Waals surface area contributed by atoms with Crippen LogP contribution >= 0.6 is 11.6 Å². The fraction of sp³-hybridized carbons (Fsp3) is 0.214. The van der Waals surface area contributed by atoms with E-state index in [4.69, 9.17) is 11.6 Å². The number of hydrogen-bond donors (Lipinski definition) is 0. The van der Waals surface area contributed by atoms with Crippen molar-refractivity contribution in [2.75, 3.05) is 0 Å². The van der Waals surface area contributed by atoms with E-state index in [1.54, 1.807) is 12.3 Å². The number of halogens is 1. The molecular formula is C14H14ClN. The molecule has 16 heavy (non-hydrogen) atoms. The maximum Gasteiger partial charge on any atom is 0.0722 e. The van der Waals surface area contributed by atoms with Crippen LogP contribution in [0.4, 0.5) is 0 Å². The SMILES string of the molecule is Cc1cc(C)c(-c2cc(Cl)ccn2)c(C)c1. The second-order valence-electron chi connectivity index (χ2n) is 4.13. The maximum atomic E-state index is 5.99. The number of aromatic nitrogens is 1. The fourth-order valence-electron chi connectivity index (χ4n) is 2.13. The van der Waals surface area contributed by atoms with Gasteiger partial charge in [-0.25, -0.2) is 0 Å². The van der Waals surface area contributed by atoms with Crippen molar-refractivity contribution in [2.45, 2.75) is 20.8 Å². The van der Waals surface area contributed by atoms with Crippen LogP contribution in [0.15, 0.2) is 30.5 Å². The largest absolute Gasteiger partial charge is 0.256 e. The van der Waals surface area contributed by atoms with Crippen molar-refractivity contribution < 1.29 is 0 Å². The van der Waals surface area contributed by atoms with Crippen LogP contribution in [-0.4, -0.2) is 4.98 Å². The third-order valence-electron chi connectivity index (χ3n) is 2.66. The lowest BCUT2D eigenvalue weighted by atomic mass is 9.97. The highest BCUT2D eigenvalue weighted by atomic mass is 35.5. The molecule has 0 saturated heterocycles. The first-order valence-corrected chi connectivity index (χ1v) is 5.65. The number of hydrogen-bond acceptors (Lipinski definition) is 1. The monoisotopic (exact) mass is 231 g/mol. The summed E-state index contributed by atoms with van der Waals surface area (Å²) in [6.07, 6.45) is 1.75. The van der Waals surface area contributed by atoms with Crippen LogP contribution in [0.3, 0.4) is 0 Å². The minimum absolute atomic E-state index is 0.726. The van der Waals surface area contributed by atoms with Crippen molar-refractivity contribution in [2.24, 2.45) is 0 Å². The minimum atomic E-state index is 0.726. The number of nitrogens with zero attached hydrogens (tertiary/aromatic N) is 1. The molecule has 0 spiro atoms. The topological polar surface area (TPSA) is 12.9 Å². The summed E-state index contributed by atoms with van der Waals surface area (Å²) in [7, 11) is 0. The summed E-state index contributed by atoms with van der Waals surface area (Å²) in [5.74, 6) is 0. The third kappa shape index (κ3) is 2.10. The van der Waals surface area contributed by atoms with Gasteiger partial charge in [0.2, 0.25) is 0 Å². The highest BCUT2D eigenvalue weighted by Crippen LogP contribution is 2.28. The summed E-state index contributed by atoms with van der Waals surface area (Å²) in [4.78, 5) is 4.38. The first-order valence-electron chi connectivity index (χ1n) is 5.27. The zero-order valence-electron chi connectivity index (χ0n) is 9.71. The number of benzene rings is 1. The molecule has 0 atom stereocenters. The van der Waals surface area contributed by atoms with Gasteiger partial charge < -0.3 is 0 Å². The van der Waals surface area contributed by atoms with Crippen molar-refractivity contribution in [1.29, 1.82) is 0 Å². The van der Waals surface area contributed by atoms with Crippen LogP contribution < -0.4 is 0 Å². The van der Waals surface area contributed by atoms with Gasteiger partial charge in [0.25, 0.3) is 0 Å². The van der Waals surface area contributed by atoms with E-state index in [0.717, 1.165) is 10.7 Å². The summed E-state index contributed by atoms with van der Waals surface area (Å²) >= 11 is 5.99. The molecule has 0 aliphatic carbocycles. The molecule has 0 unspecified atom stereocenters. The van der Waals surface area contributed by atoms with Crippen LogP contribution in [0, 0.1) is 20.8 Å². The van der Waals surface area contributed by atoms with Crippen molar-refractivity contribution in [1.82, 2.24) is 4.98 Å². The zero-order chi connectivity index (χ0) is 11.7. The van der Waals surface area contributed by atoms with Gasteiger partial charge in [-0.1, -0.05) is 29.3 Å². The average Bonchev–Trinajstić information content (AvgIpc) is 2.15. The van der Waals surface area contributed by atoms with Gasteiger partial charge in [-0.3, -0.25) is 4.98 Å². The van der Waals surface area contributed by atoms with E-state index in [2.05, 4.69) is 37.9 Å². The quantitative estimate of drug-likeness (QED) is 0.712. The molecule has 1 heterocycles. The Morgan fingerprint density at radius 1 is 1.00 bits per heavy atom. The molecule has 2 aromatic rings. The summed E-state index contributed by atoms with van der Waals surface area (Å²) in [6, 6.07) is 8.05. The van der Waals surface area contributed by atoms with Crippen LogP contribution in [0.2, 0.25) is 5.02 Å². The van der Waals surface area contributed by atoms with Gasteiger partial charge in [0, 0.05) is 16.8 Å². The Hall–Kier alpha value is -1.34. The van der Waals surface area contributed by atoms with E-state index in [-0.39, 0.29) is 0 Å². The number of rotatable bonds is 1. The van der Waals surface area contributed by atoms with Gasteiger partial charge in [0.15, 0.2) is 0 Å². The zero-order valence-corrected chi connectivity index (χ0v) is 10.5. The van der Waals surface area contributed by atoms with Crippen LogP contribution in [-0.2, 0) is 0 Å². The molecule has 1 aromatic carbocycles. The van der Waals surface area contributed by atoms with E-state index in [9.17, 15) is 0 Å². The number of aryl methyl sites for hydroxylation is 3. The number of pyridine rings is 1. The van der Waals surface area contributed by atoms with E-state index < -0.39 is 0 Å². The van der Waals surface area contributed by atoms with E-state index >= 15 is 0 Å². The minimum Gasteiger partial charge on any atom is -0.256 e. The predicted molar refractivity (Wildman–Crippen MR) is 68.9 cm³/mol. The van der Waals surface area contributed by atoms with E-state index in [1.165, 1.54) is 22.3 Å². The lowest BCUT2D eigenvalue weighted by molar-refractivity contribution is 1.26. The Bertz CT molecular complexity index is 509. The molecule has 1 nitrogen and oxygen atoms in total. The maximum absolute atomic E-state index is 5.99. The van der Waals surface area contributed by atoms with Crippen molar-refractivity contribution in [3.05, 3.63) is 52.2 Å². The fourth-order valence-corrected chi connectivity index (χ4v) is 2.29. The van der Waals surface area contributed by atoms with E-state index in [1.807, 2.05) is 6.07 Å². The van der Waals surface area contributed by atoms with Crippen LogP contribution in [0.1, 0.15) is 16.7 Å². The molecule has 0 amide bonds. The lowest BCUT2D eigenvalue weighted by Crippen LogP contribution is -1.92. The van der Waals surface area contributed by atoms with Crippen LogP contribution in [0.25, 0.3) is 11.3 Å². The highest BCUT2D eigenvalue weighted by molar-refractivity contribution is 6.30.